The molecule has 5 atom stereocenters. The van der Waals surface area contributed by atoms with Crippen LogP contribution >= 0.6 is 0 Å². The van der Waals surface area contributed by atoms with Crippen molar-refractivity contribution in [2.24, 2.45) is 11.8 Å². The van der Waals surface area contributed by atoms with Gasteiger partial charge in [0.15, 0.2) is 0 Å². The van der Waals surface area contributed by atoms with Gasteiger partial charge >= 0.3 is 0 Å². The van der Waals surface area contributed by atoms with E-state index in [4.69, 9.17) is 9.47 Å². The predicted octanol–water partition coefficient (Wildman–Crippen LogP) is 4.88. The van der Waals surface area contributed by atoms with E-state index in [1.165, 1.54) is 32.1 Å². The molecule has 1 saturated carbocycles. The summed E-state index contributed by atoms with van der Waals surface area (Å²) in [5.41, 5.74) is 3.03. The first kappa shape index (κ1) is 33.9. The fraction of sp³-hybridized carbons (Fsp3) is 0.649. The van der Waals surface area contributed by atoms with E-state index in [2.05, 4.69) is 4.90 Å². The van der Waals surface area contributed by atoms with Gasteiger partial charge in [-0.05, 0) is 66.8 Å². The number of amides is 1. The van der Waals surface area contributed by atoms with Crippen molar-refractivity contribution in [3.8, 4) is 5.75 Å². The van der Waals surface area contributed by atoms with E-state index in [9.17, 15) is 20.1 Å². The van der Waals surface area contributed by atoms with Crippen LogP contribution in [-0.4, -0.2) is 88.8 Å². The molecule has 1 saturated heterocycles. The predicted molar refractivity (Wildman–Crippen MR) is 175 cm³/mol. The molecule has 1 unspecified atom stereocenters. The van der Waals surface area contributed by atoms with Crippen LogP contribution in [-0.2, 0) is 22.5 Å². The maximum absolute atomic E-state index is 14.0. The Morgan fingerprint density at radius 2 is 1.78 bits per heavy atom. The van der Waals surface area contributed by atoms with Crippen LogP contribution in [0.5, 0.6) is 5.75 Å². The third kappa shape index (κ3) is 9.75. The highest BCUT2D eigenvalue weighted by Gasteiger charge is 2.38. The Morgan fingerprint density at radius 3 is 2.51 bits per heavy atom. The summed E-state index contributed by atoms with van der Waals surface area (Å²) in [6, 6.07) is 15.4. The minimum absolute atomic E-state index is 0.0251. The normalized spacial score (nSPS) is 22.8. The van der Waals surface area contributed by atoms with Crippen LogP contribution in [0.4, 0.5) is 0 Å². The summed E-state index contributed by atoms with van der Waals surface area (Å²) < 4.78 is 11.4. The van der Waals surface area contributed by atoms with Crippen LogP contribution in [0.1, 0.15) is 87.4 Å². The molecule has 2 aromatic rings. The van der Waals surface area contributed by atoms with E-state index in [-0.39, 0.29) is 18.2 Å². The summed E-state index contributed by atoms with van der Waals surface area (Å²) >= 11 is 0. The maximum Gasteiger partial charge on any atom is 0.223 e. The van der Waals surface area contributed by atoms with Gasteiger partial charge in [0.1, 0.15) is 12.4 Å². The Kier molecular flexibility index (Phi) is 12.7. The van der Waals surface area contributed by atoms with Crippen LogP contribution in [0.3, 0.4) is 0 Å². The van der Waals surface area contributed by atoms with E-state index in [1.54, 1.807) is 6.92 Å². The third-order valence-electron chi connectivity index (χ3n) is 10.1. The van der Waals surface area contributed by atoms with Gasteiger partial charge in [0.2, 0.25) is 5.91 Å². The minimum atomic E-state index is -0.687. The fourth-order valence-corrected chi connectivity index (χ4v) is 7.63. The average Bonchev–Trinajstić information content (AvgIpc) is 3.38. The van der Waals surface area contributed by atoms with Gasteiger partial charge in [-0.25, -0.2) is 0 Å². The molecule has 1 heterocycles. The fourth-order valence-electron chi connectivity index (χ4n) is 7.63. The summed E-state index contributed by atoms with van der Waals surface area (Å²) in [5, 5.41) is 32.7. The Morgan fingerprint density at radius 1 is 1.04 bits per heavy atom. The van der Waals surface area contributed by atoms with Crippen molar-refractivity contribution >= 4 is 5.91 Å². The second-order valence-electron chi connectivity index (χ2n) is 13.6. The van der Waals surface area contributed by atoms with Gasteiger partial charge in [0, 0.05) is 39.0 Å². The quantitative estimate of drug-likeness (QED) is 0.260. The number of rotatable bonds is 15. The van der Waals surface area contributed by atoms with E-state index in [0.717, 1.165) is 61.7 Å². The number of nitrogens with zero attached hydrogens (tertiary/aromatic N) is 2. The number of morpholine rings is 1. The highest BCUT2D eigenvalue weighted by molar-refractivity contribution is 5.77. The van der Waals surface area contributed by atoms with Gasteiger partial charge in [-0.2, -0.15) is 0 Å². The molecule has 45 heavy (non-hydrogen) atoms. The van der Waals surface area contributed by atoms with Gasteiger partial charge in [-0.15, -0.1) is 0 Å². The van der Waals surface area contributed by atoms with Crippen LogP contribution in [0.25, 0.3) is 0 Å². The smallest absolute Gasteiger partial charge is 0.223 e. The Hall–Kier alpha value is -2.49. The number of aliphatic hydroxyl groups excluding tert-OH is 3. The van der Waals surface area contributed by atoms with Crippen LogP contribution in [0.2, 0.25) is 0 Å². The highest BCUT2D eigenvalue weighted by atomic mass is 16.5. The molecule has 0 bridgehead atoms. The summed E-state index contributed by atoms with van der Waals surface area (Å²) in [4.78, 5) is 18.2. The summed E-state index contributed by atoms with van der Waals surface area (Å²) in [6.07, 6.45) is 6.81. The van der Waals surface area contributed by atoms with E-state index in [0.29, 0.717) is 38.3 Å². The zero-order chi connectivity index (χ0) is 31.6. The largest absolute Gasteiger partial charge is 0.492 e. The van der Waals surface area contributed by atoms with Crippen LogP contribution in [0, 0.1) is 11.8 Å². The number of ether oxygens (including phenoxy) is 2. The number of aliphatic hydroxyl groups is 3. The van der Waals surface area contributed by atoms with Gasteiger partial charge in [-0.1, -0.05) is 68.5 Å². The first-order chi connectivity index (χ1) is 21.9. The molecule has 8 nitrogen and oxygen atoms in total. The van der Waals surface area contributed by atoms with E-state index >= 15 is 0 Å². The number of benzene rings is 2. The van der Waals surface area contributed by atoms with Crippen molar-refractivity contribution in [1.82, 2.24) is 9.80 Å². The third-order valence-corrected chi connectivity index (χ3v) is 10.1. The SMILES string of the molecule is CC(O)C[C@@H](CC1CCCCC1)[C@@H](O)CCC(=O)N(Cc1ccc(OCCN2CCOCC2)cc1)[C@H]1c2ccccc2C[C@H]1O. The van der Waals surface area contributed by atoms with Crippen molar-refractivity contribution < 1.29 is 29.6 Å². The monoisotopic (exact) mass is 622 g/mol. The van der Waals surface area contributed by atoms with Gasteiger partial charge in [0.25, 0.3) is 0 Å². The lowest BCUT2D eigenvalue weighted by molar-refractivity contribution is -0.137. The second kappa shape index (κ2) is 16.9. The standard InChI is InChI=1S/C37H54N2O6/c1-27(40)23-31(24-28-7-3-2-4-8-28)34(41)15-16-36(43)39(37-33-10-6-5-9-30(33)25-35(37)42)26-29-11-13-32(14-12-29)45-22-19-38-17-20-44-21-18-38/h5-6,9-14,27-28,31,34-35,37,40-42H,2-4,7-8,15-26H2,1H3/t27?,31-,34-,35+,37-/m0/s1. The van der Waals surface area contributed by atoms with Crippen molar-refractivity contribution in [2.75, 3.05) is 39.5 Å². The van der Waals surface area contributed by atoms with Crippen molar-refractivity contribution in [3.63, 3.8) is 0 Å². The molecular formula is C37H54N2O6. The molecule has 2 aromatic carbocycles. The molecule has 2 fully saturated rings. The first-order valence-electron chi connectivity index (χ1n) is 17.3. The number of carbonyl (C=O) groups is 1. The van der Waals surface area contributed by atoms with Crippen LogP contribution < -0.4 is 4.74 Å². The first-order valence-corrected chi connectivity index (χ1v) is 17.3. The molecule has 3 N–H and O–H groups in total. The Labute approximate surface area is 269 Å². The summed E-state index contributed by atoms with van der Waals surface area (Å²) in [6.45, 7) is 7.01. The topological polar surface area (TPSA) is 103 Å². The number of hydrogen-bond donors (Lipinski definition) is 3. The van der Waals surface area contributed by atoms with Gasteiger partial charge < -0.3 is 29.7 Å². The Balaban J connectivity index is 1.24. The molecule has 3 aliphatic rings. The van der Waals surface area contributed by atoms with Gasteiger partial charge in [0.05, 0.1) is 37.6 Å². The lowest BCUT2D eigenvalue weighted by atomic mass is 9.78. The lowest BCUT2D eigenvalue weighted by Crippen LogP contribution is -2.39. The van der Waals surface area contributed by atoms with Crippen molar-refractivity contribution in [3.05, 3.63) is 65.2 Å². The highest BCUT2D eigenvalue weighted by Crippen LogP contribution is 2.38. The average molecular weight is 623 g/mol. The van der Waals surface area contributed by atoms with E-state index in [1.807, 2.05) is 53.4 Å². The molecule has 0 aromatic heterocycles. The zero-order valence-corrected chi connectivity index (χ0v) is 27.1. The Bertz CT molecular complexity index is 1180. The molecular weight excluding hydrogens is 568 g/mol. The summed E-state index contributed by atoms with van der Waals surface area (Å²) in [7, 11) is 0. The van der Waals surface area contributed by atoms with Crippen LogP contribution in [0.15, 0.2) is 48.5 Å². The number of hydrogen-bond acceptors (Lipinski definition) is 7. The zero-order valence-electron chi connectivity index (χ0n) is 27.1. The molecule has 0 radical (unpaired) electrons. The summed E-state index contributed by atoms with van der Waals surface area (Å²) in [5.74, 6) is 1.28. The van der Waals surface area contributed by atoms with Crippen molar-refractivity contribution in [2.45, 2.75) is 102 Å². The maximum atomic E-state index is 14.0. The lowest BCUT2D eigenvalue weighted by Gasteiger charge is -2.33. The number of carbonyl (C=O) groups excluding carboxylic acids is 1. The van der Waals surface area contributed by atoms with Gasteiger partial charge in [-0.3, -0.25) is 9.69 Å². The molecule has 1 aliphatic heterocycles. The molecule has 0 spiro atoms. The second-order valence-corrected chi connectivity index (χ2v) is 13.6. The molecule has 8 heteroatoms. The van der Waals surface area contributed by atoms with E-state index < -0.39 is 24.4 Å². The minimum Gasteiger partial charge on any atom is -0.492 e. The molecule has 248 valence electrons. The molecule has 5 rings (SSSR count). The molecule has 1 amide bonds. The molecule has 2 aliphatic carbocycles. The number of fused-ring (bicyclic) bond motifs is 1. The van der Waals surface area contributed by atoms with Crippen molar-refractivity contribution in [1.29, 1.82) is 0 Å².